The molecule has 0 bridgehead atoms. The van der Waals surface area contributed by atoms with Gasteiger partial charge in [-0.25, -0.2) is 9.59 Å². The molecule has 38 heavy (non-hydrogen) atoms. The Morgan fingerprint density at radius 3 is 2.50 bits per heavy atom. The van der Waals surface area contributed by atoms with Crippen molar-refractivity contribution < 1.29 is 9.59 Å². The number of benzene rings is 3. The van der Waals surface area contributed by atoms with Gasteiger partial charge in [0.05, 0.1) is 23.1 Å². The minimum Gasteiger partial charge on any atom is -0.337 e. The van der Waals surface area contributed by atoms with Gasteiger partial charge in [0.25, 0.3) is 0 Å². The van der Waals surface area contributed by atoms with E-state index in [2.05, 4.69) is 31.2 Å². The van der Waals surface area contributed by atoms with E-state index in [9.17, 15) is 9.59 Å². The van der Waals surface area contributed by atoms with E-state index in [1.54, 1.807) is 0 Å². The van der Waals surface area contributed by atoms with Gasteiger partial charge in [0, 0.05) is 36.3 Å². The minimum atomic E-state index is -0.264. The summed E-state index contributed by atoms with van der Waals surface area (Å²) >= 11 is 0. The van der Waals surface area contributed by atoms with Crippen molar-refractivity contribution in [2.24, 2.45) is 0 Å². The molecule has 0 aliphatic carbocycles. The molecular formula is C30H32N6O2. The van der Waals surface area contributed by atoms with Gasteiger partial charge in [-0.15, -0.1) is 0 Å². The summed E-state index contributed by atoms with van der Waals surface area (Å²) in [6.07, 6.45) is 1.76. The van der Waals surface area contributed by atoms with Gasteiger partial charge in [0.2, 0.25) is 0 Å². The molecule has 1 atom stereocenters. The lowest BCUT2D eigenvalue weighted by atomic mass is 10.0. The average molecular weight is 509 g/mol. The molecule has 4 amide bonds. The number of nitrogens with one attached hydrogen (secondary N) is 4. The summed E-state index contributed by atoms with van der Waals surface area (Å²) in [5.41, 5.74) is 5.20. The minimum absolute atomic E-state index is 0.0875. The van der Waals surface area contributed by atoms with E-state index in [0.717, 1.165) is 58.5 Å². The predicted octanol–water partition coefficient (Wildman–Crippen LogP) is 5.58. The Bertz CT molecular complexity index is 1420. The third-order valence-corrected chi connectivity index (χ3v) is 6.70. The van der Waals surface area contributed by atoms with E-state index >= 15 is 0 Å². The van der Waals surface area contributed by atoms with Crippen LogP contribution in [-0.2, 0) is 0 Å². The second-order valence-electron chi connectivity index (χ2n) is 9.41. The van der Waals surface area contributed by atoms with Crippen LogP contribution in [0.5, 0.6) is 0 Å². The number of hydrogen-bond acceptors (Lipinski definition) is 4. The molecular weight excluding hydrogens is 476 g/mol. The largest absolute Gasteiger partial charge is 0.337 e. The first-order valence-electron chi connectivity index (χ1n) is 12.9. The molecule has 1 aromatic heterocycles. The van der Waals surface area contributed by atoms with Crippen molar-refractivity contribution in [3.63, 3.8) is 0 Å². The van der Waals surface area contributed by atoms with Gasteiger partial charge in [0.1, 0.15) is 0 Å². The van der Waals surface area contributed by atoms with Gasteiger partial charge in [-0.05, 0) is 43.5 Å². The number of aryl methyl sites for hydroxylation is 1. The second kappa shape index (κ2) is 11.7. The van der Waals surface area contributed by atoms with Gasteiger partial charge in [0.15, 0.2) is 0 Å². The van der Waals surface area contributed by atoms with Gasteiger partial charge in [-0.1, -0.05) is 66.7 Å². The molecule has 8 nitrogen and oxygen atoms in total. The van der Waals surface area contributed by atoms with Gasteiger partial charge in [-0.2, -0.15) is 0 Å². The molecule has 0 radical (unpaired) electrons. The Labute approximate surface area is 222 Å². The van der Waals surface area contributed by atoms with E-state index < -0.39 is 0 Å². The highest BCUT2D eigenvalue weighted by atomic mass is 16.2. The average Bonchev–Trinajstić information content (AvgIpc) is 3.36. The zero-order valence-corrected chi connectivity index (χ0v) is 21.4. The SMILES string of the molecule is Cc1cc(NC(=O)NCCN2CCCC2NC(=O)Nc2ccccc2-c2ccccc2)c2ccccc2n1. The number of urea groups is 2. The lowest BCUT2D eigenvalue weighted by molar-refractivity contribution is 0.207. The fourth-order valence-corrected chi connectivity index (χ4v) is 4.92. The molecule has 4 aromatic rings. The highest BCUT2D eigenvalue weighted by Gasteiger charge is 2.26. The van der Waals surface area contributed by atoms with E-state index in [-0.39, 0.29) is 18.2 Å². The Balaban J connectivity index is 1.13. The molecule has 1 fully saturated rings. The third kappa shape index (κ3) is 6.10. The summed E-state index contributed by atoms with van der Waals surface area (Å²) in [5, 5.41) is 12.9. The van der Waals surface area contributed by atoms with Crippen LogP contribution < -0.4 is 21.3 Å². The van der Waals surface area contributed by atoms with Crippen molar-refractivity contribution in [1.82, 2.24) is 20.5 Å². The highest BCUT2D eigenvalue weighted by Crippen LogP contribution is 2.27. The van der Waals surface area contributed by atoms with Crippen LogP contribution in [-0.4, -0.2) is 47.7 Å². The van der Waals surface area contributed by atoms with E-state index in [4.69, 9.17) is 0 Å². The van der Waals surface area contributed by atoms with Crippen molar-refractivity contribution in [1.29, 1.82) is 0 Å². The number of nitrogens with zero attached hydrogens (tertiary/aromatic N) is 2. The smallest absolute Gasteiger partial charge is 0.320 e. The summed E-state index contributed by atoms with van der Waals surface area (Å²) in [7, 11) is 0. The number of amides is 4. The van der Waals surface area contributed by atoms with Crippen LogP contribution >= 0.6 is 0 Å². The van der Waals surface area contributed by atoms with Gasteiger partial charge in [-0.3, -0.25) is 9.88 Å². The molecule has 5 rings (SSSR count). The lowest BCUT2D eigenvalue weighted by Gasteiger charge is -2.25. The van der Waals surface area contributed by atoms with Crippen LogP contribution in [0.1, 0.15) is 18.5 Å². The van der Waals surface area contributed by atoms with Crippen LogP contribution in [0.3, 0.4) is 0 Å². The van der Waals surface area contributed by atoms with E-state index in [0.29, 0.717) is 13.1 Å². The number of carbonyl (C=O) groups is 2. The molecule has 1 aliphatic rings. The zero-order chi connectivity index (χ0) is 26.3. The number of anilines is 2. The van der Waals surface area contributed by atoms with Crippen molar-refractivity contribution >= 4 is 34.3 Å². The molecule has 194 valence electrons. The van der Waals surface area contributed by atoms with Crippen LogP contribution in [0.4, 0.5) is 21.0 Å². The predicted molar refractivity (Wildman–Crippen MR) is 152 cm³/mol. The normalized spacial score (nSPS) is 15.2. The summed E-state index contributed by atoms with van der Waals surface area (Å²) < 4.78 is 0. The fourth-order valence-electron chi connectivity index (χ4n) is 4.92. The summed E-state index contributed by atoms with van der Waals surface area (Å²) in [6.45, 7) is 3.87. The van der Waals surface area contributed by atoms with Crippen LogP contribution in [0.25, 0.3) is 22.0 Å². The maximum Gasteiger partial charge on any atom is 0.320 e. The van der Waals surface area contributed by atoms with E-state index in [1.807, 2.05) is 91.9 Å². The number of fused-ring (bicyclic) bond motifs is 1. The fraction of sp³-hybridized carbons (Fsp3) is 0.233. The quantitative estimate of drug-likeness (QED) is 0.262. The molecule has 3 aromatic carbocycles. The Hall–Kier alpha value is -4.43. The molecule has 1 unspecified atom stereocenters. The molecule has 2 heterocycles. The van der Waals surface area contributed by atoms with Crippen LogP contribution in [0.15, 0.2) is 84.9 Å². The molecule has 8 heteroatoms. The van der Waals surface area contributed by atoms with Crippen molar-refractivity contribution in [2.75, 3.05) is 30.3 Å². The van der Waals surface area contributed by atoms with Crippen LogP contribution in [0.2, 0.25) is 0 Å². The number of carbonyl (C=O) groups excluding carboxylic acids is 2. The number of para-hydroxylation sites is 2. The Morgan fingerprint density at radius 1 is 0.895 bits per heavy atom. The monoisotopic (exact) mass is 508 g/mol. The Morgan fingerprint density at radius 2 is 1.63 bits per heavy atom. The first kappa shape index (κ1) is 25.2. The highest BCUT2D eigenvalue weighted by molar-refractivity contribution is 6.00. The number of likely N-dealkylation sites (tertiary alicyclic amines) is 1. The maximum atomic E-state index is 12.9. The van der Waals surface area contributed by atoms with Gasteiger partial charge < -0.3 is 21.3 Å². The van der Waals surface area contributed by atoms with Crippen molar-refractivity contribution in [3.05, 3.63) is 90.6 Å². The van der Waals surface area contributed by atoms with Crippen molar-refractivity contribution in [3.8, 4) is 11.1 Å². The first-order chi connectivity index (χ1) is 18.6. The van der Waals surface area contributed by atoms with Gasteiger partial charge >= 0.3 is 12.1 Å². The Kier molecular flexibility index (Phi) is 7.80. The van der Waals surface area contributed by atoms with E-state index in [1.165, 1.54) is 0 Å². The number of pyridine rings is 1. The number of aromatic nitrogens is 1. The molecule has 0 spiro atoms. The maximum absolute atomic E-state index is 12.9. The van der Waals surface area contributed by atoms with Crippen molar-refractivity contribution in [2.45, 2.75) is 25.9 Å². The molecule has 1 aliphatic heterocycles. The topological polar surface area (TPSA) is 98.4 Å². The number of rotatable bonds is 7. The molecule has 1 saturated heterocycles. The number of hydrogen-bond donors (Lipinski definition) is 4. The standard InChI is InChI=1S/C30H32N6O2/c1-21-20-27(24-13-6-8-15-26(24)32-21)34-29(37)31-17-19-36-18-9-16-28(36)35-30(38)33-25-14-7-5-12-23(25)22-10-3-2-4-11-22/h2-8,10-15,20,28H,9,16-19H2,1H3,(H2,33,35,38)(H2,31,32,34,37). The zero-order valence-electron chi connectivity index (χ0n) is 21.4. The van der Waals surface area contributed by atoms with Crippen LogP contribution in [0, 0.1) is 6.92 Å². The molecule has 4 N–H and O–H groups in total. The third-order valence-electron chi connectivity index (χ3n) is 6.70. The summed E-state index contributed by atoms with van der Waals surface area (Å²) in [5.74, 6) is 0. The summed E-state index contributed by atoms with van der Waals surface area (Å²) in [4.78, 5) is 32.2. The summed E-state index contributed by atoms with van der Waals surface area (Å²) in [6, 6.07) is 26.9. The second-order valence-corrected chi connectivity index (χ2v) is 9.41. The first-order valence-corrected chi connectivity index (χ1v) is 12.9. The molecule has 0 saturated carbocycles. The lowest BCUT2D eigenvalue weighted by Crippen LogP contribution is -2.48.